The van der Waals surface area contributed by atoms with Crippen molar-refractivity contribution < 1.29 is 17.9 Å². The number of halogens is 1. The van der Waals surface area contributed by atoms with Crippen LogP contribution in [0.2, 0.25) is 5.15 Å². The lowest BCUT2D eigenvalue weighted by atomic mass is 9.88. The molecule has 0 aromatic carbocycles. The van der Waals surface area contributed by atoms with Gasteiger partial charge in [0.15, 0.2) is 0 Å². The van der Waals surface area contributed by atoms with Crippen LogP contribution in [0.15, 0.2) is 12.4 Å². The Hall–Kier alpha value is -1.49. The van der Waals surface area contributed by atoms with Crippen LogP contribution in [0.4, 0.5) is 5.82 Å². The number of ether oxygens (including phenoxy) is 1. The number of carbonyl (C=O) groups excluding carboxylic acids is 1. The number of rotatable bonds is 6. The molecule has 0 unspecified atom stereocenters. The van der Waals surface area contributed by atoms with Crippen molar-refractivity contribution in [3.63, 3.8) is 0 Å². The maximum atomic E-state index is 12.9. The molecule has 0 radical (unpaired) electrons. The van der Waals surface area contributed by atoms with Crippen molar-refractivity contribution in [2.45, 2.75) is 43.1 Å². The second-order valence-corrected chi connectivity index (χ2v) is 10.9. The number of fused-ring (bicyclic) bond motifs is 5. The third kappa shape index (κ3) is 3.47. The Morgan fingerprint density at radius 1 is 1.07 bits per heavy atom. The van der Waals surface area contributed by atoms with Crippen molar-refractivity contribution in [2.75, 3.05) is 44.2 Å². The van der Waals surface area contributed by atoms with Crippen LogP contribution < -0.4 is 4.90 Å². The summed E-state index contributed by atoms with van der Waals surface area (Å²) in [6.07, 6.45) is 5.84. The maximum Gasteiger partial charge on any atom is 0.243 e. The molecule has 4 aliphatic heterocycles. The normalized spacial score (nSPS) is 32.8. The summed E-state index contributed by atoms with van der Waals surface area (Å²) in [6.45, 7) is 4.67. The Labute approximate surface area is 181 Å². The predicted molar refractivity (Wildman–Crippen MR) is 111 cm³/mol. The van der Waals surface area contributed by atoms with Crippen LogP contribution in [0.25, 0.3) is 0 Å². The number of hydrogen-bond acceptors (Lipinski definition) is 8. The van der Waals surface area contributed by atoms with E-state index in [1.165, 1.54) is 6.20 Å². The number of piperazine rings is 1. The van der Waals surface area contributed by atoms with E-state index in [9.17, 15) is 13.2 Å². The maximum absolute atomic E-state index is 12.9. The SMILES string of the molecule is O=C1[C@@H]2[C@@H]([C@H]3CC[C@@H]2O3)S(=O)(=O)N1CCCCN1CCN(c2cncc(Cl)n2)CC1. The fourth-order valence-corrected chi connectivity index (χ4v) is 7.71. The van der Waals surface area contributed by atoms with Gasteiger partial charge in [-0.05, 0) is 32.2 Å². The molecule has 9 nitrogen and oxygen atoms in total. The lowest BCUT2D eigenvalue weighted by Crippen LogP contribution is -2.47. The predicted octanol–water partition coefficient (Wildman–Crippen LogP) is 0.750. The van der Waals surface area contributed by atoms with Gasteiger partial charge in [-0.2, -0.15) is 0 Å². The Kier molecular flexibility index (Phi) is 5.37. The molecule has 0 saturated carbocycles. The molecule has 5 heterocycles. The molecule has 0 spiro atoms. The third-order valence-corrected chi connectivity index (χ3v) is 9.21. The van der Waals surface area contributed by atoms with Crippen LogP contribution in [-0.4, -0.2) is 90.2 Å². The Morgan fingerprint density at radius 2 is 1.80 bits per heavy atom. The van der Waals surface area contributed by atoms with E-state index in [4.69, 9.17) is 16.3 Å². The van der Waals surface area contributed by atoms with E-state index in [0.29, 0.717) is 11.6 Å². The Balaban J connectivity index is 1.08. The fourth-order valence-electron chi connectivity index (χ4n) is 5.27. The zero-order chi connectivity index (χ0) is 20.9. The summed E-state index contributed by atoms with van der Waals surface area (Å²) >= 11 is 5.92. The first kappa shape index (κ1) is 20.4. The third-order valence-electron chi connectivity index (χ3n) is 6.76. The van der Waals surface area contributed by atoms with E-state index < -0.39 is 21.2 Å². The van der Waals surface area contributed by atoms with Crippen molar-refractivity contribution in [1.82, 2.24) is 19.2 Å². The molecule has 1 aromatic rings. The molecular formula is C19H26ClN5O4S. The van der Waals surface area contributed by atoms with Gasteiger partial charge in [0.05, 0.1) is 30.5 Å². The lowest BCUT2D eigenvalue weighted by Gasteiger charge is -2.35. The highest BCUT2D eigenvalue weighted by molar-refractivity contribution is 7.90. The number of carbonyl (C=O) groups is 1. The zero-order valence-electron chi connectivity index (χ0n) is 16.7. The molecule has 1 amide bonds. The highest BCUT2D eigenvalue weighted by Gasteiger charge is 2.65. The summed E-state index contributed by atoms with van der Waals surface area (Å²) in [5, 5.41) is -0.253. The van der Waals surface area contributed by atoms with E-state index in [-0.39, 0.29) is 24.7 Å². The van der Waals surface area contributed by atoms with Gasteiger partial charge in [-0.25, -0.2) is 17.7 Å². The molecule has 0 N–H and O–H groups in total. The van der Waals surface area contributed by atoms with E-state index in [0.717, 1.165) is 62.1 Å². The van der Waals surface area contributed by atoms with Crippen molar-refractivity contribution in [3.05, 3.63) is 17.5 Å². The number of amides is 1. The van der Waals surface area contributed by atoms with Crippen molar-refractivity contribution in [2.24, 2.45) is 5.92 Å². The summed E-state index contributed by atoms with van der Waals surface area (Å²) in [5.74, 6) is 0.0725. The summed E-state index contributed by atoms with van der Waals surface area (Å²) < 4.78 is 32.5. The zero-order valence-corrected chi connectivity index (χ0v) is 18.3. The molecule has 4 aliphatic rings. The Bertz CT molecular complexity index is 923. The Morgan fingerprint density at radius 3 is 2.53 bits per heavy atom. The molecule has 4 fully saturated rings. The lowest BCUT2D eigenvalue weighted by molar-refractivity contribution is -0.130. The van der Waals surface area contributed by atoms with Gasteiger partial charge < -0.3 is 9.64 Å². The largest absolute Gasteiger partial charge is 0.373 e. The molecule has 4 saturated heterocycles. The molecule has 30 heavy (non-hydrogen) atoms. The first-order valence-electron chi connectivity index (χ1n) is 10.6. The van der Waals surface area contributed by atoms with Gasteiger partial charge in [-0.1, -0.05) is 11.6 Å². The van der Waals surface area contributed by atoms with E-state index in [1.807, 2.05) is 0 Å². The number of nitrogens with zero attached hydrogens (tertiary/aromatic N) is 5. The molecule has 164 valence electrons. The van der Waals surface area contributed by atoms with E-state index in [1.54, 1.807) is 6.20 Å². The smallest absolute Gasteiger partial charge is 0.243 e. The van der Waals surface area contributed by atoms with E-state index >= 15 is 0 Å². The minimum atomic E-state index is -3.58. The van der Waals surface area contributed by atoms with Gasteiger partial charge in [-0.3, -0.25) is 14.7 Å². The topological polar surface area (TPSA) is 95.9 Å². The van der Waals surface area contributed by atoms with Crippen LogP contribution in [0, 0.1) is 5.92 Å². The van der Waals surface area contributed by atoms with Crippen molar-refractivity contribution in [3.8, 4) is 0 Å². The average molecular weight is 456 g/mol. The number of anilines is 1. The summed E-state index contributed by atoms with van der Waals surface area (Å²) in [5.41, 5.74) is 0. The highest BCUT2D eigenvalue weighted by atomic mass is 35.5. The molecular weight excluding hydrogens is 430 g/mol. The first-order valence-corrected chi connectivity index (χ1v) is 12.5. The molecule has 4 atom stereocenters. The first-order chi connectivity index (χ1) is 14.4. The minimum Gasteiger partial charge on any atom is -0.373 e. The van der Waals surface area contributed by atoms with Gasteiger partial charge in [0, 0.05) is 32.7 Å². The quantitative estimate of drug-likeness (QED) is 0.580. The standard InChI is InChI=1S/C19H26ClN5O4S/c20-15-11-21-12-16(22-15)24-9-7-23(8-10-24)5-1-2-6-25-19(26)17-13-3-4-14(29-13)18(17)30(25,27)28/h11-14,17-18H,1-10H2/t13-,14+,17-,18+/m0/s1. The van der Waals surface area contributed by atoms with Crippen molar-refractivity contribution >= 4 is 33.3 Å². The van der Waals surface area contributed by atoms with Crippen LogP contribution in [-0.2, 0) is 19.6 Å². The van der Waals surface area contributed by atoms with Crippen molar-refractivity contribution in [1.29, 1.82) is 0 Å². The highest BCUT2D eigenvalue weighted by Crippen LogP contribution is 2.48. The number of aromatic nitrogens is 2. The second kappa shape index (κ2) is 7.89. The monoisotopic (exact) mass is 455 g/mol. The number of hydrogen-bond donors (Lipinski definition) is 0. The second-order valence-electron chi connectivity index (χ2n) is 8.47. The molecule has 11 heteroatoms. The van der Waals surface area contributed by atoms with Gasteiger partial charge in [0.25, 0.3) is 0 Å². The van der Waals surface area contributed by atoms with Crippen LogP contribution in [0.5, 0.6) is 0 Å². The van der Waals surface area contributed by atoms with Gasteiger partial charge in [0.2, 0.25) is 15.9 Å². The van der Waals surface area contributed by atoms with Crippen LogP contribution in [0.3, 0.4) is 0 Å². The molecule has 5 rings (SSSR count). The van der Waals surface area contributed by atoms with Gasteiger partial charge >= 0.3 is 0 Å². The minimum absolute atomic E-state index is 0.201. The van der Waals surface area contributed by atoms with E-state index in [2.05, 4.69) is 19.8 Å². The molecule has 2 bridgehead atoms. The van der Waals surface area contributed by atoms with Gasteiger partial charge in [-0.15, -0.1) is 0 Å². The number of sulfonamides is 1. The molecule has 0 aliphatic carbocycles. The molecule has 1 aromatic heterocycles. The van der Waals surface area contributed by atoms with Crippen LogP contribution in [0.1, 0.15) is 25.7 Å². The van der Waals surface area contributed by atoms with Crippen LogP contribution >= 0.6 is 11.6 Å². The summed E-state index contributed by atoms with van der Waals surface area (Å²) in [7, 11) is -3.58. The summed E-state index contributed by atoms with van der Waals surface area (Å²) in [6, 6.07) is 0. The number of unbranched alkanes of at least 4 members (excludes halogenated alkanes) is 1. The fraction of sp³-hybridized carbons (Fsp3) is 0.737. The summed E-state index contributed by atoms with van der Waals surface area (Å²) in [4.78, 5) is 25.6. The average Bonchev–Trinajstić information content (AvgIpc) is 3.40. The van der Waals surface area contributed by atoms with Gasteiger partial charge in [0.1, 0.15) is 16.2 Å².